The largest absolute Gasteiger partial charge is 0.493 e. The summed E-state index contributed by atoms with van der Waals surface area (Å²) in [6.45, 7) is 2.29. The van der Waals surface area contributed by atoms with E-state index in [1.807, 2.05) is 6.92 Å². The van der Waals surface area contributed by atoms with Crippen molar-refractivity contribution in [3.8, 4) is 11.5 Å². The number of esters is 1. The molecule has 3 nitrogen and oxygen atoms in total. The topological polar surface area (TPSA) is 35.5 Å². The quantitative estimate of drug-likeness (QED) is 0.520. The molecule has 0 atom stereocenters. The first-order valence-electron chi connectivity index (χ1n) is 6.11. The summed E-state index contributed by atoms with van der Waals surface area (Å²) in [6, 6.07) is 9.78. The lowest BCUT2D eigenvalue weighted by Gasteiger charge is -2.11. The molecule has 21 heavy (non-hydrogen) atoms. The molecule has 110 valence electrons. The number of carbonyl (C=O) groups excluding carboxylic acids is 1. The molecule has 0 aliphatic rings. The fraction of sp³-hybridized carbons (Fsp3) is 0.133. The van der Waals surface area contributed by atoms with Crippen LogP contribution in [0.2, 0.25) is 10.0 Å². The number of carbonyl (C=O) groups is 1. The maximum absolute atomic E-state index is 12.3. The second-order valence-corrected chi connectivity index (χ2v) is 5.80. The zero-order chi connectivity index (χ0) is 15.4. The second kappa shape index (κ2) is 7.16. The van der Waals surface area contributed by atoms with Crippen LogP contribution in [0, 0.1) is 0 Å². The SMILES string of the molecule is CCOc1ccc(Br)cc1C(=O)Oc1ccc(Cl)cc1Cl. The lowest BCUT2D eigenvalue weighted by atomic mass is 10.2. The summed E-state index contributed by atoms with van der Waals surface area (Å²) in [5.74, 6) is 0.147. The summed E-state index contributed by atoms with van der Waals surface area (Å²) in [4.78, 5) is 12.3. The Morgan fingerprint density at radius 2 is 1.86 bits per heavy atom. The molecule has 2 aromatic carbocycles. The molecular weight excluding hydrogens is 379 g/mol. The van der Waals surface area contributed by atoms with Crippen LogP contribution in [-0.2, 0) is 0 Å². The summed E-state index contributed by atoms with van der Waals surface area (Å²) in [5, 5.41) is 0.737. The minimum atomic E-state index is -0.552. The molecule has 0 aliphatic carbocycles. The van der Waals surface area contributed by atoms with Crippen LogP contribution in [0.5, 0.6) is 11.5 Å². The lowest BCUT2D eigenvalue weighted by Crippen LogP contribution is -2.11. The van der Waals surface area contributed by atoms with E-state index in [1.165, 1.54) is 6.07 Å². The van der Waals surface area contributed by atoms with Crippen LogP contribution in [0.1, 0.15) is 17.3 Å². The maximum atomic E-state index is 12.3. The van der Waals surface area contributed by atoms with Crippen LogP contribution in [0.25, 0.3) is 0 Å². The normalized spacial score (nSPS) is 10.3. The van der Waals surface area contributed by atoms with Gasteiger partial charge in [0.15, 0.2) is 0 Å². The van der Waals surface area contributed by atoms with Gasteiger partial charge in [0.05, 0.1) is 11.6 Å². The highest BCUT2D eigenvalue weighted by atomic mass is 79.9. The van der Waals surface area contributed by atoms with E-state index in [4.69, 9.17) is 32.7 Å². The number of hydrogen-bond donors (Lipinski definition) is 0. The molecule has 0 saturated carbocycles. The molecular formula is C15H11BrCl2O3. The van der Waals surface area contributed by atoms with E-state index in [9.17, 15) is 4.79 Å². The molecule has 6 heteroatoms. The summed E-state index contributed by atoms with van der Waals surface area (Å²) in [5.41, 5.74) is 0.317. The van der Waals surface area contributed by atoms with Crippen LogP contribution < -0.4 is 9.47 Å². The van der Waals surface area contributed by atoms with Crippen molar-refractivity contribution in [1.29, 1.82) is 0 Å². The van der Waals surface area contributed by atoms with Crippen LogP contribution >= 0.6 is 39.1 Å². The van der Waals surface area contributed by atoms with Crippen molar-refractivity contribution in [3.05, 3.63) is 56.5 Å². The number of rotatable bonds is 4. The van der Waals surface area contributed by atoms with Gasteiger partial charge in [0.25, 0.3) is 0 Å². The zero-order valence-electron chi connectivity index (χ0n) is 11.0. The molecule has 0 aromatic heterocycles. The van der Waals surface area contributed by atoms with Gasteiger partial charge in [0.1, 0.15) is 17.1 Å². The molecule has 0 radical (unpaired) electrons. The first kappa shape index (κ1) is 16.1. The average Bonchev–Trinajstić information content (AvgIpc) is 2.44. The van der Waals surface area contributed by atoms with Gasteiger partial charge in [0, 0.05) is 9.50 Å². The van der Waals surface area contributed by atoms with Gasteiger partial charge in [-0.1, -0.05) is 39.1 Å². The Labute approximate surface area is 140 Å². The Bertz CT molecular complexity index is 674. The van der Waals surface area contributed by atoms with E-state index in [0.29, 0.717) is 22.9 Å². The Balaban J connectivity index is 2.29. The zero-order valence-corrected chi connectivity index (χ0v) is 14.1. The minimum absolute atomic E-state index is 0.244. The van der Waals surface area contributed by atoms with Crippen molar-refractivity contribution >= 4 is 45.1 Å². The number of halogens is 3. The first-order chi connectivity index (χ1) is 10.0. The molecule has 0 unspecified atom stereocenters. The number of hydrogen-bond acceptors (Lipinski definition) is 3. The minimum Gasteiger partial charge on any atom is -0.493 e. The van der Waals surface area contributed by atoms with Crippen molar-refractivity contribution < 1.29 is 14.3 Å². The van der Waals surface area contributed by atoms with Crippen LogP contribution in [0.3, 0.4) is 0 Å². The van der Waals surface area contributed by atoms with Gasteiger partial charge >= 0.3 is 5.97 Å². The van der Waals surface area contributed by atoms with E-state index in [-0.39, 0.29) is 10.8 Å². The summed E-state index contributed by atoms with van der Waals surface area (Å²) in [6.07, 6.45) is 0. The van der Waals surface area contributed by atoms with E-state index in [2.05, 4.69) is 15.9 Å². The van der Waals surface area contributed by atoms with Crippen LogP contribution in [0.4, 0.5) is 0 Å². The van der Waals surface area contributed by atoms with Gasteiger partial charge in [-0.15, -0.1) is 0 Å². The van der Waals surface area contributed by atoms with Crippen molar-refractivity contribution in [1.82, 2.24) is 0 Å². The molecule has 0 fully saturated rings. The van der Waals surface area contributed by atoms with E-state index >= 15 is 0 Å². The van der Waals surface area contributed by atoms with Gasteiger partial charge < -0.3 is 9.47 Å². The molecule has 2 aromatic rings. The molecule has 0 amide bonds. The molecule has 2 rings (SSSR count). The van der Waals surface area contributed by atoms with Gasteiger partial charge in [-0.3, -0.25) is 0 Å². The smallest absolute Gasteiger partial charge is 0.347 e. The molecule has 0 spiro atoms. The third kappa shape index (κ3) is 4.13. The maximum Gasteiger partial charge on any atom is 0.347 e. The highest BCUT2D eigenvalue weighted by molar-refractivity contribution is 9.10. The average molecular weight is 390 g/mol. The molecule has 0 N–H and O–H groups in total. The van der Waals surface area contributed by atoms with Crippen LogP contribution in [0.15, 0.2) is 40.9 Å². The third-order valence-corrected chi connectivity index (χ3v) is 3.58. The lowest BCUT2D eigenvalue weighted by molar-refractivity contribution is 0.0730. The summed E-state index contributed by atoms with van der Waals surface area (Å²) in [7, 11) is 0. The number of benzene rings is 2. The molecule has 0 aliphatic heterocycles. The van der Waals surface area contributed by atoms with Crippen LogP contribution in [-0.4, -0.2) is 12.6 Å². The highest BCUT2D eigenvalue weighted by Crippen LogP contribution is 2.30. The predicted octanol–water partition coefficient (Wildman–Crippen LogP) is 5.37. The molecule has 0 bridgehead atoms. The monoisotopic (exact) mass is 388 g/mol. The fourth-order valence-corrected chi connectivity index (χ4v) is 2.46. The molecule has 0 saturated heterocycles. The van der Waals surface area contributed by atoms with Gasteiger partial charge in [0.2, 0.25) is 0 Å². The Morgan fingerprint density at radius 1 is 1.14 bits per heavy atom. The predicted molar refractivity (Wildman–Crippen MR) is 86.7 cm³/mol. The standard InChI is InChI=1S/C15H11BrCl2O3/c1-2-20-13-5-3-9(16)7-11(13)15(19)21-14-6-4-10(17)8-12(14)18/h3-8H,2H2,1H3. The second-order valence-electron chi connectivity index (χ2n) is 4.04. The van der Waals surface area contributed by atoms with Crippen molar-refractivity contribution in [3.63, 3.8) is 0 Å². The molecule has 0 heterocycles. The van der Waals surface area contributed by atoms with Crippen molar-refractivity contribution in [2.24, 2.45) is 0 Å². The van der Waals surface area contributed by atoms with E-state index in [1.54, 1.807) is 30.3 Å². The third-order valence-electron chi connectivity index (χ3n) is 2.56. The van der Waals surface area contributed by atoms with E-state index in [0.717, 1.165) is 4.47 Å². The van der Waals surface area contributed by atoms with Gasteiger partial charge in [-0.05, 0) is 43.3 Å². The Morgan fingerprint density at radius 3 is 2.52 bits per heavy atom. The van der Waals surface area contributed by atoms with Crippen molar-refractivity contribution in [2.75, 3.05) is 6.61 Å². The Kier molecular flexibility index (Phi) is 5.51. The van der Waals surface area contributed by atoms with Crippen molar-refractivity contribution in [2.45, 2.75) is 6.92 Å². The summed E-state index contributed by atoms with van der Waals surface area (Å²) >= 11 is 15.1. The first-order valence-corrected chi connectivity index (χ1v) is 7.65. The summed E-state index contributed by atoms with van der Waals surface area (Å²) < 4.78 is 11.5. The fourth-order valence-electron chi connectivity index (χ4n) is 1.66. The highest BCUT2D eigenvalue weighted by Gasteiger charge is 2.17. The number of ether oxygens (including phenoxy) is 2. The van der Waals surface area contributed by atoms with Gasteiger partial charge in [-0.25, -0.2) is 4.79 Å². The Hall–Kier alpha value is -1.23. The van der Waals surface area contributed by atoms with E-state index < -0.39 is 5.97 Å². The van der Waals surface area contributed by atoms with Gasteiger partial charge in [-0.2, -0.15) is 0 Å².